The van der Waals surface area contributed by atoms with Gasteiger partial charge in [-0.15, -0.1) is 0 Å². The summed E-state index contributed by atoms with van der Waals surface area (Å²) < 4.78 is 22.4. The average molecular weight is 265 g/mol. The molecule has 0 aromatic heterocycles. The number of hydrogen-bond acceptors (Lipinski definition) is 3. The Balaban J connectivity index is 2.77. The van der Waals surface area contributed by atoms with Crippen LogP contribution in [0.25, 0.3) is 10.8 Å². The van der Waals surface area contributed by atoms with E-state index < -0.39 is 21.7 Å². The highest BCUT2D eigenvalue weighted by molar-refractivity contribution is 7.89. The van der Waals surface area contributed by atoms with Crippen molar-refractivity contribution in [1.29, 1.82) is 0 Å². The van der Waals surface area contributed by atoms with E-state index in [0.29, 0.717) is 10.8 Å². The minimum Gasteiger partial charge on any atom is -0.365 e. The monoisotopic (exact) mass is 265 g/mol. The second-order valence-corrected chi connectivity index (χ2v) is 5.33. The maximum Gasteiger partial charge on any atom is 0.252 e. The van der Waals surface area contributed by atoms with Gasteiger partial charge in [-0.1, -0.05) is 6.07 Å². The fourth-order valence-corrected chi connectivity index (χ4v) is 2.17. The van der Waals surface area contributed by atoms with Gasteiger partial charge in [-0.25, -0.2) is 13.6 Å². The molecule has 0 atom stereocenters. The van der Waals surface area contributed by atoms with Crippen LogP contribution in [0.4, 0.5) is 0 Å². The molecule has 2 rings (SSSR count). The van der Waals surface area contributed by atoms with Gasteiger partial charge in [-0.3, -0.25) is 9.90 Å². The van der Waals surface area contributed by atoms with E-state index in [1.807, 2.05) is 0 Å². The van der Waals surface area contributed by atoms with Crippen LogP contribution in [-0.4, -0.2) is 14.3 Å². The van der Waals surface area contributed by atoms with Crippen molar-refractivity contribution >= 4 is 26.7 Å². The van der Waals surface area contributed by atoms with Crippen LogP contribution < -0.4 is 10.9 Å². The number of fused-ring (bicyclic) bond motifs is 1. The Bertz CT molecular complexity index is 753. The van der Waals surface area contributed by atoms with E-state index in [1.54, 1.807) is 0 Å². The van der Waals surface area contributed by atoms with Crippen LogP contribution in [0.1, 0.15) is 10.4 Å². The number of carbonyl (C=O) groups excluding carboxylic acids is 1. The molecule has 0 saturated heterocycles. The van der Waals surface area contributed by atoms with Crippen LogP contribution in [0.15, 0.2) is 35.2 Å². The van der Waals surface area contributed by atoms with E-state index in [2.05, 4.69) is 0 Å². The lowest BCUT2D eigenvalue weighted by molar-refractivity contribution is 0.0996. The molecule has 1 amide bonds. The molecule has 4 N–H and O–H groups in total. The minimum atomic E-state index is -3.83. The van der Waals surface area contributed by atoms with Gasteiger partial charge in [0.05, 0.1) is 10.5 Å². The van der Waals surface area contributed by atoms with Crippen LogP contribution in [0, 0.1) is 0 Å². The third kappa shape index (κ3) is 2.13. The van der Waals surface area contributed by atoms with Crippen LogP contribution in [0.3, 0.4) is 0 Å². The van der Waals surface area contributed by atoms with Crippen molar-refractivity contribution < 1.29 is 18.3 Å². The van der Waals surface area contributed by atoms with Gasteiger partial charge in [0.25, 0.3) is 5.91 Å². The zero-order chi connectivity index (χ0) is 13.5. The lowest BCUT2D eigenvalue weighted by Crippen LogP contribution is -2.12. The van der Waals surface area contributed by atoms with Gasteiger partial charge < -0.3 is 5.73 Å². The van der Waals surface area contributed by atoms with Crippen molar-refractivity contribution in [3.05, 3.63) is 35.9 Å². The zero-order valence-corrected chi connectivity index (χ0v) is 9.90. The largest absolute Gasteiger partial charge is 0.365 e. The van der Waals surface area contributed by atoms with Gasteiger partial charge in [-0.05, 0) is 35.0 Å². The highest BCUT2D eigenvalue weighted by atomic mass is 32.2. The van der Waals surface area contributed by atoms with Crippen molar-refractivity contribution in [3.8, 4) is 5.75 Å². The molecule has 0 aliphatic carbocycles. The topological polar surface area (TPSA) is 123 Å². The summed E-state index contributed by atoms with van der Waals surface area (Å²) in [5, 5.41) is 17.4. The second-order valence-electron chi connectivity index (χ2n) is 3.77. The number of hydrogen-bond donors (Lipinski definition) is 2. The lowest BCUT2D eigenvalue weighted by Gasteiger charge is -2.04. The number of amides is 1. The molecule has 0 heterocycles. The summed E-state index contributed by atoms with van der Waals surface area (Å²) in [6.45, 7) is 0. The standard InChI is InChI=1S/C11H9N2O4S/c12-11(15)9-4-7-3-8(18(13,16)17)2-1-6(7)5-10(9)14/h1-5H,(H2,12,15)(H2,13,16,17). The third-order valence-electron chi connectivity index (χ3n) is 2.50. The number of benzene rings is 2. The highest BCUT2D eigenvalue weighted by Gasteiger charge is 2.13. The highest BCUT2D eigenvalue weighted by Crippen LogP contribution is 2.26. The summed E-state index contributed by atoms with van der Waals surface area (Å²) in [7, 11) is -3.83. The maximum absolute atomic E-state index is 11.5. The van der Waals surface area contributed by atoms with Gasteiger partial charge >= 0.3 is 0 Å². The summed E-state index contributed by atoms with van der Waals surface area (Å²) in [4.78, 5) is 10.9. The molecule has 0 aliphatic heterocycles. The molecular weight excluding hydrogens is 256 g/mol. The predicted octanol–water partition coefficient (Wildman–Crippen LogP) is 0.730. The molecule has 6 nitrogen and oxygen atoms in total. The molecule has 18 heavy (non-hydrogen) atoms. The number of primary amides is 1. The Kier molecular flexibility index (Phi) is 2.72. The number of nitrogens with two attached hydrogens (primary N) is 2. The summed E-state index contributed by atoms with van der Waals surface area (Å²) >= 11 is 0. The molecule has 93 valence electrons. The van der Waals surface area contributed by atoms with Crippen LogP contribution in [0.5, 0.6) is 5.75 Å². The molecular formula is C11H9N2O4S. The van der Waals surface area contributed by atoms with Gasteiger partial charge in [0.2, 0.25) is 10.0 Å². The van der Waals surface area contributed by atoms with Gasteiger partial charge in [0.15, 0.2) is 5.75 Å². The summed E-state index contributed by atoms with van der Waals surface area (Å²) in [5.41, 5.74) is 4.86. The Labute approximate surface area is 103 Å². The molecule has 1 radical (unpaired) electrons. The van der Waals surface area contributed by atoms with Gasteiger partial charge in [-0.2, -0.15) is 0 Å². The Morgan fingerprint density at radius 1 is 1.06 bits per heavy atom. The molecule has 7 heteroatoms. The van der Waals surface area contributed by atoms with Crippen molar-refractivity contribution in [3.63, 3.8) is 0 Å². The van der Waals surface area contributed by atoms with Crippen molar-refractivity contribution in [2.75, 3.05) is 0 Å². The summed E-state index contributed by atoms with van der Waals surface area (Å²) in [5.74, 6) is -1.36. The van der Waals surface area contributed by atoms with Gasteiger partial charge in [0.1, 0.15) is 0 Å². The maximum atomic E-state index is 11.5. The van der Waals surface area contributed by atoms with Gasteiger partial charge in [0, 0.05) is 0 Å². The molecule has 0 saturated carbocycles. The first-order chi connectivity index (χ1) is 8.29. The van der Waals surface area contributed by atoms with Crippen molar-refractivity contribution in [2.45, 2.75) is 4.90 Å². The Morgan fingerprint density at radius 2 is 1.72 bits per heavy atom. The number of carbonyl (C=O) groups is 1. The fraction of sp³-hybridized carbons (Fsp3) is 0. The van der Waals surface area contributed by atoms with Crippen LogP contribution >= 0.6 is 0 Å². The molecule has 0 fully saturated rings. The number of sulfonamides is 1. The molecule has 0 bridgehead atoms. The number of rotatable bonds is 2. The molecule has 0 spiro atoms. The first-order valence-electron chi connectivity index (χ1n) is 4.86. The SMILES string of the molecule is NC(=O)c1cc2cc(S(N)(=O)=O)ccc2cc1[O]. The smallest absolute Gasteiger partial charge is 0.252 e. The van der Waals surface area contributed by atoms with E-state index in [4.69, 9.17) is 10.9 Å². The molecule has 0 unspecified atom stereocenters. The average Bonchev–Trinajstić information content (AvgIpc) is 2.25. The van der Waals surface area contributed by atoms with Crippen molar-refractivity contribution in [1.82, 2.24) is 0 Å². The Hall–Kier alpha value is -2.12. The molecule has 2 aromatic carbocycles. The van der Waals surface area contributed by atoms with Crippen molar-refractivity contribution in [2.24, 2.45) is 10.9 Å². The minimum absolute atomic E-state index is 0.0935. The van der Waals surface area contributed by atoms with Crippen LogP contribution in [0.2, 0.25) is 0 Å². The van der Waals surface area contributed by atoms with E-state index in [1.165, 1.54) is 30.3 Å². The first-order valence-corrected chi connectivity index (χ1v) is 6.41. The second kappa shape index (κ2) is 3.97. The normalized spacial score (nSPS) is 11.6. The third-order valence-corrected chi connectivity index (χ3v) is 3.42. The van der Waals surface area contributed by atoms with Crippen LogP contribution in [-0.2, 0) is 15.1 Å². The molecule has 2 aromatic rings. The quantitative estimate of drug-likeness (QED) is 0.831. The lowest BCUT2D eigenvalue weighted by atomic mass is 10.1. The van der Waals surface area contributed by atoms with E-state index >= 15 is 0 Å². The fourth-order valence-electron chi connectivity index (χ4n) is 1.62. The summed E-state index contributed by atoms with van der Waals surface area (Å²) in [6.07, 6.45) is 0. The first kappa shape index (κ1) is 12.3. The Morgan fingerprint density at radius 3 is 2.28 bits per heavy atom. The van der Waals surface area contributed by atoms with E-state index in [-0.39, 0.29) is 10.5 Å². The summed E-state index contributed by atoms with van der Waals surface area (Å²) in [6, 6.07) is 6.51. The predicted molar refractivity (Wildman–Crippen MR) is 64.0 cm³/mol. The van der Waals surface area contributed by atoms with E-state index in [0.717, 1.165) is 0 Å². The zero-order valence-electron chi connectivity index (χ0n) is 9.08. The molecule has 0 aliphatic rings. The number of primary sulfonamides is 1. The van der Waals surface area contributed by atoms with E-state index in [9.17, 15) is 18.3 Å².